The van der Waals surface area contributed by atoms with Gasteiger partial charge < -0.3 is 15.2 Å². The van der Waals surface area contributed by atoms with E-state index in [9.17, 15) is 14.9 Å². The Morgan fingerprint density at radius 1 is 1.40 bits per heavy atom. The number of benzene rings is 1. The molecule has 2 unspecified atom stereocenters. The second kappa shape index (κ2) is 6.44. The van der Waals surface area contributed by atoms with Crippen LogP contribution in [0.5, 0.6) is 0 Å². The Balaban J connectivity index is 1.73. The lowest BCUT2D eigenvalue weighted by molar-refractivity contribution is -0.384. The smallest absolute Gasteiger partial charge is 0.332 e. The molecule has 1 aromatic rings. The standard InChI is InChI=1S/C13H16N2O5/c16-13(17)12-6-5-11(20-12)8-14-7-9-1-3-10(4-2-9)15(18)19/h1-4,11-12,14H,5-8H2,(H,16,17). The summed E-state index contributed by atoms with van der Waals surface area (Å²) in [5, 5.41) is 22.5. The fourth-order valence-corrected chi connectivity index (χ4v) is 2.15. The molecule has 2 atom stereocenters. The monoisotopic (exact) mass is 280 g/mol. The summed E-state index contributed by atoms with van der Waals surface area (Å²) in [6, 6.07) is 6.31. The maximum absolute atomic E-state index is 10.7. The minimum Gasteiger partial charge on any atom is -0.479 e. The van der Waals surface area contributed by atoms with Crippen LogP contribution in [0, 0.1) is 10.1 Å². The maximum Gasteiger partial charge on any atom is 0.332 e. The molecule has 1 aromatic carbocycles. The lowest BCUT2D eigenvalue weighted by Gasteiger charge is -2.12. The number of carboxylic acid groups (broad SMARTS) is 1. The number of nitrogens with zero attached hydrogens (tertiary/aromatic N) is 1. The number of ether oxygens (including phenoxy) is 1. The minimum absolute atomic E-state index is 0.0668. The van der Waals surface area contributed by atoms with Crippen LogP contribution in [0.15, 0.2) is 24.3 Å². The quantitative estimate of drug-likeness (QED) is 0.602. The highest BCUT2D eigenvalue weighted by Crippen LogP contribution is 2.19. The van der Waals surface area contributed by atoms with Crippen molar-refractivity contribution < 1.29 is 19.6 Å². The average Bonchev–Trinajstić information content (AvgIpc) is 2.88. The normalized spacial score (nSPS) is 21.8. The van der Waals surface area contributed by atoms with E-state index in [1.807, 2.05) is 0 Å². The number of non-ortho nitro benzene ring substituents is 1. The van der Waals surface area contributed by atoms with Gasteiger partial charge in [0.05, 0.1) is 11.0 Å². The summed E-state index contributed by atoms with van der Waals surface area (Å²) < 4.78 is 5.36. The Bertz CT molecular complexity index is 488. The summed E-state index contributed by atoms with van der Waals surface area (Å²) in [4.78, 5) is 20.8. The second-order valence-electron chi connectivity index (χ2n) is 4.72. The molecule has 0 saturated carbocycles. The molecule has 7 heteroatoms. The van der Waals surface area contributed by atoms with Gasteiger partial charge in [0.25, 0.3) is 5.69 Å². The van der Waals surface area contributed by atoms with Crippen LogP contribution in [0.2, 0.25) is 0 Å². The summed E-state index contributed by atoms with van der Waals surface area (Å²) in [5.41, 5.74) is 1.00. The fraction of sp³-hybridized carbons (Fsp3) is 0.462. The maximum atomic E-state index is 10.7. The van der Waals surface area contributed by atoms with E-state index in [-0.39, 0.29) is 11.8 Å². The van der Waals surface area contributed by atoms with E-state index in [1.54, 1.807) is 12.1 Å². The van der Waals surface area contributed by atoms with Crippen LogP contribution in [0.25, 0.3) is 0 Å². The molecule has 7 nitrogen and oxygen atoms in total. The predicted molar refractivity (Wildman–Crippen MR) is 70.3 cm³/mol. The van der Waals surface area contributed by atoms with Gasteiger partial charge in [-0.1, -0.05) is 12.1 Å². The highest BCUT2D eigenvalue weighted by atomic mass is 16.6. The molecule has 0 aliphatic carbocycles. The zero-order chi connectivity index (χ0) is 14.5. The Morgan fingerprint density at radius 2 is 2.10 bits per heavy atom. The van der Waals surface area contributed by atoms with Crippen molar-refractivity contribution in [2.75, 3.05) is 6.54 Å². The molecule has 1 aliphatic rings. The van der Waals surface area contributed by atoms with Crippen LogP contribution in [-0.2, 0) is 16.1 Å². The topological polar surface area (TPSA) is 102 Å². The van der Waals surface area contributed by atoms with Gasteiger partial charge in [-0.3, -0.25) is 10.1 Å². The van der Waals surface area contributed by atoms with E-state index in [0.717, 1.165) is 12.0 Å². The molecule has 1 aliphatic heterocycles. The van der Waals surface area contributed by atoms with Crippen LogP contribution in [0.3, 0.4) is 0 Å². The molecular formula is C13H16N2O5. The van der Waals surface area contributed by atoms with E-state index in [0.29, 0.717) is 19.5 Å². The van der Waals surface area contributed by atoms with Crippen molar-refractivity contribution in [3.63, 3.8) is 0 Å². The highest BCUT2D eigenvalue weighted by Gasteiger charge is 2.29. The number of rotatable bonds is 6. The molecule has 0 amide bonds. The Morgan fingerprint density at radius 3 is 2.65 bits per heavy atom. The van der Waals surface area contributed by atoms with Crippen molar-refractivity contribution >= 4 is 11.7 Å². The van der Waals surface area contributed by atoms with Gasteiger partial charge in [0.15, 0.2) is 6.10 Å². The van der Waals surface area contributed by atoms with E-state index < -0.39 is 17.0 Å². The molecule has 1 heterocycles. The second-order valence-corrected chi connectivity index (χ2v) is 4.72. The number of aliphatic carboxylic acids is 1. The van der Waals surface area contributed by atoms with Crippen LogP contribution < -0.4 is 5.32 Å². The lowest BCUT2D eigenvalue weighted by Crippen LogP contribution is -2.28. The van der Waals surface area contributed by atoms with Crippen molar-refractivity contribution in [2.24, 2.45) is 0 Å². The van der Waals surface area contributed by atoms with Crippen molar-refractivity contribution in [1.82, 2.24) is 5.32 Å². The van der Waals surface area contributed by atoms with Gasteiger partial charge in [0.1, 0.15) is 0 Å². The van der Waals surface area contributed by atoms with Crippen molar-refractivity contribution in [3.05, 3.63) is 39.9 Å². The molecule has 0 aromatic heterocycles. The Hall–Kier alpha value is -1.99. The zero-order valence-corrected chi connectivity index (χ0v) is 10.8. The third kappa shape index (κ3) is 3.75. The van der Waals surface area contributed by atoms with Crippen LogP contribution in [-0.4, -0.2) is 34.8 Å². The number of nitrogens with one attached hydrogen (secondary N) is 1. The van der Waals surface area contributed by atoms with Crippen LogP contribution >= 0.6 is 0 Å². The molecular weight excluding hydrogens is 264 g/mol. The minimum atomic E-state index is -0.914. The molecule has 1 saturated heterocycles. The Kier molecular flexibility index (Phi) is 4.65. The largest absolute Gasteiger partial charge is 0.479 e. The first-order chi connectivity index (χ1) is 9.56. The first-order valence-electron chi connectivity index (χ1n) is 6.38. The van der Waals surface area contributed by atoms with E-state index in [2.05, 4.69) is 5.32 Å². The number of carboxylic acids is 1. The molecule has 108 valence electrons. The predicted octanol–water partition coefficient (Wildman–Crippen LogP) is 1.32. The van der Waals surface area contributed by atoms with Crippen LogP contribution in [0.4, 0.5) is 5.69 Å². The van der Waals surface area contributed by atoms with Crippen molar-refractivity contribution in [2.45, 2.75) is 31.6 Å². The van der Waals surface area contributed by atoms with E-state index >= 15 is 0 Å². The third-order valence-electron chi connectivity index (χ3n) is 3.23. The van der Waals surface area contributed by atoms with Gasteiger partial charge in [-0.05, 0) is 18.4 Å². The first-order valence-corrected chi connectivity index (χ1v) is 6.38. The summed E-state index contributed by atoms with van der Waals surface area (Å²) in [6.45, 7) is 1.14. The van der Waals surface area contributed by atoms with Crippen molar-refractivity contribution in [3.8, 4) is 0 Å². The van der Waals surface area contributed by atoms with Gasteiger partial charge in [0, 0.05) is 25.2 Å². The van der Waals surface area contributed by atoms with E-state index in [4.69, 9.17) is 9.84 Å². The van der Waals surface area contributed by atoms with Gasteiger partial charge in [0.2, 0.25) is 0 Å². The molecule has 2 rings (SSSR count). The highest BCUT2D eigenvalue weighted by molar-refractivity contribution is 5.72. The van der Waals surface area contributed by atoms with Crippen LogP contribution in [0.1, 0.15) is 18.4 Å². The van der Waals surface area contributed by atoms with E-state index in [1.165, 1.54) is 12.1 Å². The summed E-state index contributed by atoms with van der Waals surface area (Å²) in [5.74, 6) is -0.914. The fourth-order valence-electron chi connectivity index (χ4n) is 2.15. The molecule has 20 heavy (non-hydrogen) atoms. The number of carbonyl (C=O) groups is 1. The van der Waals surface area contributed by atoms with Crippen molar-refractivity contribution in [1.29, 1.82) is 0 Å². The third-order valence-corrected chi connectivity index (χ3v) is 3.23. The lowest BCUT2D eigenvalue weighted by atomic mass is 10.2. The molecule has 0 radical (unpaired) electrons. The summed E-state index contributed by atoms with van der Waals surface area (Å²) in [6.07, 6.45) is 0.485. The molecule has 1 fully saturated rings. The number of hydrogen-bond acceptors (Lipinski definition) is 5. The molecule has 0 spiro atoms. The molecule has 0 bridgehead atoms. The van der Waals surface area contributed by atoms with Gasteiger partial charge >= 0.3 is 5.97 Å². The molecule has 2 N–H and O–H groups in total. The van der Waals surface area contributed by atoms with Gasteiger partial charge in [-0.2, -0.15) is 0 Å². The summed E-state index contributed by atoms with van der Waals surface area (Å²) >= 11 is 0. The summed E-state index contributed by atoms with van der Waals surface area (Å²) in [7, 11) is 0. The number of nitro benzene ring substituents is 1. The Labute approximate surface area is 115 Å². The first kappa shape index (κ1) is 14.4. The zero-order valence-electron chi connectivity index (χ0n) is 10.8. The number of hydrogen-bond donors (Lipinski definition) is 2. The average molecular weight is 280 g/mol. The SMILES string of the molecule is O=C(O)C1CCC(CNCc2ccc([N+](=O)[O-])cc2)O1. The van der Waals surface area contributed by atoms with Gasteiger partial charge in [-0.15, -0.1) is 0 Å². The number of nitro groups is 1. The van der Waals surface area contributed by atoms with Gasteiger partial charge in [-0.25, -0.2) is 4.79 Å².